The average Bonchev–Trinajstić information content (AvgIpc) is 3.21. The minimum absolute atomic E-state index is 0.0274. The fourth-order valence-corrected chi connectivity index (χ4v) is 6.17. The number of fused-ring (bicyclic) bond motifs is 1. The first-order valence-electron chi connectivity index (χ1n) is 16.2. The van der Waals surface area contributed by atoms with Crippen LogP contribution >= 0.6 is 0 Å². The second kappa shape index (κ2) is 14.9. The molecule has 2 saturated heterocycles. The summed E-state index contributed by atoms with van der Waals surface area (Å²) >= 11 is 0. The highest BCUT2D eigenvalue weighted by molar-refractivity contribution is 6.00. The van der Waals surface area contributed by atoms with Crippen molar-refractivity contribution in [3.63, 3.8) is 0 Å². The molecule has 0 bridgehead atoms. The SMILES string of the molecule is CN(C)C1CCN(C(=O)c2ccc(NC(=O)Nc3ccc(-c4nc5c(c(N6CCOCC6)n4)CCCOCCN5)cc3)cc2)CC1. The Balaban J connectivity index is 1.09. The number of urea groups is 1. The number of likely N-dealkylation sites (tertiary alicyclic amines) is 1. The van der Waals surface area contributed by atoms with Gasteiger partial charge in [-0.05, 0) is 88.3 Å². The Morgan fingerprint density at radius 1 is 0.848 bits per heavy atom. The lowest BCUT2D eigenvalue weighted by Crippen LogP contribution is -2.44. The molecule has 3 aliphatic rings. The molecule has 0 radical (unpaired) electrons. The fourth-order valence-electron chi connectivity index (χ4n) is 6.17. The molecule has 244 valence electrons. The van der Waals surface area contributed by atoms with Crippen molar-refractivity contribution in [1.82, 2.24) is 19.8 Å². The number of nitrogens with one attached hydrogen (secondary N) is 3. The summed E-state index contributed by atoms with van der Waals surface area (Å²) in [4.78, 5) is 42.2. The highest BCUT2D eigenvalue weighted by atomic mass is 16.5. The molecule has 2 aromatic carbocycles. The molecule has 12 heteroatoms. The smallest absolute Gasteiger partial charge is 0.323 e. The molecule has 3 amide bonds. The Bertz CT molecular complexity index is 1480. The molecule has 3 N–H and O–H groups in total. The second-order valence-corrected chi connectivity index (χ2v) is 12.2. The van der Waals surface area contributed by atoms with E-state index in [4.69, 9.17) is 19.4 Å². The van der Waals surface area contributed by atoms with E-state index in [0.717, 1.165) is 81.2 Å². The Hall–Kier alpha value is -4.26. The Kier molecular flexibility index (Phi) is 10.3. The van der Waals surface area contributed by atoms with E-state index in [0.29, 0.717) is 55.2 Å². The predicted molar refractivity (Wildman–Crippen MR) is 180 cm³/mol. The maximum Gasteiger partial charge on any atom is 0.323 e. The highest BCUT2D eigenvalue weighted by Crippen LogP contribution is 2.31. The number of benzene rings is 2. The number of nitrogens with zero attached hydrogens (tertiary/aromatic N) is 5. The molecule has 46 heavy (non-hydrogen) atoms. The minimum Gasteiger partial charge on any atom is -0.380 e. The maximum atomic E-state index is 13.0. The zero-order chi connectivity index (χ0) is 31.9. The van der Waals surface area contributed by atoms with Crippen LogP contribution in [0.3, 0.4) is 0 Å². The summed E-state index contributed by atoms with van der Waals surface area (Å²) in [7, 11) is 4.17. The third kappa shape index (κ3) is 7.75. The summed E-state index contributed by atoms with van der Waals surface area (Å²) in [6.45, 7) is 6.45. The number of morpholine rings is 1. The van der Waals surface area contributed by atoms with Crippen molar-refractivity contribution in [2.45, 2.75) is 31.7 Å². The summed E-state index contributed by atoms with van der Waals surface area (Å²) in [5.41, 5.74) is 3.84. The van der Waals surface area contributed by atoms with E-state index in [9.17, 15) is 9.59 Å². The van der Waals surface area contributed by atoms with Gasteiger partial charge < -0.3 is 40.1 Å². The molecule has 2 fully saturated rings. The van der Waals surface area contributed by atoms with E-state index in [1.165, 1.54) is 0 Å². The minimum atomic E-state index is -0.369. The predicted octanol–water partition coefficient (Wildman–Crippen LogP) is 4.17. The summed E-state index contributed by atoms with van der Waals surface area (Å²) < 4.78 is 11.3. The van der Waals surface area contributed by atoms with Gasteiger partial charge in [-0.3, -0.25) is 4.79 Å². The van der Waals surface area contributed by atoms with Gasteiger partial charge in [0.25, 0.3) is 5.91 Å². The van der Waals surface area contributed by atoms with Crippen molar-refractivity contribution in [2.75, 3.05) is 94.1 Å². The van der Waals surface area contributed by atoms with Crippen LogP contribution in [0.2, 0.25) is 0 Å². The Morgan fingerprint density at radius 2 is 1.50 bits per heavy atom. The van der Waals surface area contributed by atoms with Crippen LogP contribution in [0.4, 0.5) is 27.8 Å². The van der Waals surface area contributed by atoms with Crippen molar-refractivity contribution in [3.8, 4) is 11.4 Å². The monoisotopic (exact) mass is 628 g/mol. The van der Waals surface area contributed by atoms with Crippen LogP contribution in [0.15, 0.2) is 48.5 Å². The van der Waals surface area contributed by atoms with Gasteiger partial charge in [0, 0.05) is 73.4 Å². The van der Waals surface area contributed by atoms with Crippen LogP contribution in [0.25, 0.3) is 11.4 Å². The van der Waals surface area contributed by atoms with Gasteiger partial charge in [0.05, 0.1) is 19.8 Å². The lowest BCUT2D eigenvalue weighted by atomic mass is 10.0. The number of piperidine rings is 1. The summed E-state index contributed by atoms with van der Waals surface area (Å²) in [5.74, 6) is 2.45. The average molecular weight is 629 g/mol. The van der Waals surface area contributed by atoms with Gasteiger partial charge in [0.15, 0.2) is 5.82 Å². The van der Waals surface area contributed by atoms with Crippen LogP contribution in [-0.2, 0) is 15.9 Å². The number of ether oxygens (including phenoxy) is 2. The number of aromatic nitrogens is 2. The molecule has 3 aliphatic heterocycles. The molecule has 0 saturated carbocycles. The molecule has 1 aromatic heterocycles. The number of hydrogen-bond acceptors (Lipinski definition) is 9. The van der Waals surface area contributed by atoms with Crippen LogP contribution in [-0.4, -0.2) is 111 Å². The van der Waals surface area contributed by atoms with E-state index in [2.05, 4.69) is 39.8 Å². The number of rotatable bonds is 6. The van der Waals surface area contributed by atoms with Crippen molar-refractivity contribution >= 4 is 34.9 Å². The van der Waals surface area contributed by atoms with Crippen molar-refractivity contribution in [3.05, 3.63) is 59.7 Å². The van der Waals surface area contributed by atoms with E-state index in [1.54, 1.807) is 24.3 Å². The zero-order valence-corrected chi connectivity index (χ0v) is 26.8. The summed E-state index contributed by atoms with van der Waals surface area (Å²) in [6.07, 6.45) is 3.70. The third-order valence-corrected chi connectivity index (χ3v) is 8.82. The van der Waals surface area contributed by atoms with Crippen molar-refractivity contribution in [1.29, 1.82) is 0 Å². The molecule has 3 aromatic rings. The normalized spacial score (nSPS) is 17.7. The first-order chi connectivity index (χ1) is 22.4. The topological polar surface area (TPSA) is 124 Å². The van der Waals surface area contributed by atoms with Crippen molar-refractivity contribution in [2.24, 2.45) is 0 Å². The lowest BCUT2D eigenvalue weighted by molar-refractivity contribution is 0.0663. The highest BCUT2D eigenvalue weighted by Gasteiger charge is 2.25. The van der Waals surface area contributed by atoms with Gasteiger partial charge >= 0.3 is 6.03 Å². The molecule has 0 aliphatic carbocycles. The zero-order valence-electron chi connectivity index (χ0n) is 26.8. The number of hydrogen-bond donors (Lipinski definition) is 3. The van der Waals surface area contributed by atoms with Crippen LogP contribution < -0.4 is 20.9 Å². The molecule has 0 spiro atoms. The first-order valence-corrected chi connectivity index (χ1v) is 16.2. The molecular weight excluding hydrogens is 584 g/mol. The largest absolute Gasteiger partial charge is 0.380 e. The quantitative estimate of drug-likeness (QED) is 0.369. The van der Waals surface area contributed by atoms with Crippen LogP contribution in [0.1, 0.15) is 35.2 Å². The number of amides is 3. The summed E-state index contributed by atoms with van der Waals surface area (Å²) in [5, 5.41) is 9.21. The van der Waals surface area contributed by atoms with Gasteiger partial charge in [-0.25, -0.2) is 14.8 Å². The van der Waals surface area contributed by atoms with Crippen molar-refractivity contribution < 1.29 is 19.1 Å². The van der Waals surface area contributed by atoms with Crippen LogP contribution in [0.5, 0.6) is 0 Å². The Labute approximate surface area is 270 Å². The van der Waals surface area contributed by atoms with E-state index in [1.807, 2.05) is 29.2 Å². The first kappa shape index (κ1) is 31.7. The maximum absolute atomic E-state index is 13.0. The van der Waals surface area contributed by atoms with Gasteiger partial charge in [0.2, 0.25) is 0 Å². The summed E-state index contributed by atoms with van der Waals surface area (Å²) in [6, 6.07) is 14.7. The van der Waals surface area contributed by atoms with E-state index >= 15 is 0 Å². The fraction of sp³-hybridized carbons (Fsp3) is 0.471. The standard InChI is InChI=1S/C34H44N8O4/c1-40(2)28-13-16-42(17-14-28)33(43)25-7-11-27(12-8-25)37-34(44)36-26-9-5-24(6-10-26)30-38-31-29(4-3-20-45-21-15-35-31)32(39-30)41-18-22-46-23-19-41/h5-12,28H,3-4,13-23H2,1-2H3,(H,35,38,39)(H2,36,37,44). The number of anilines is 4. The molecule has 12 nitrogen and oxygen atoms in total. The van der Waals surface area contributed by atoms with E-state index < -0.39 is 0 Å². The number of carbonyl (C=O) groups is 2. The van der Waals surface area contributed by atoms with Gasteiger partial charge in [-0.2, -0.15) is 0 Å². The third-order valence-electron chi connectivity index (χ3n) is 8.82. The van der Waals surface area contributed by atoms with Gasteiger partial charge in [0.1, 0.15) is 11.6 Å². The van der Waals surface area contributed by atoms with Gasteiger partial charge in [-0.1, -0.05) is 0 Å². The molecular formula is C34H44N8O4. The van der Waals surface area contributed by atoms with E-state index in [-0.39, 0.29) is 11.9 Å². The molecule has 6 rings (SSSR count). The van der Waals surface area contributed by atoms with Crippen LogP contribution in [0, 0.1) is 0 Å². The second-order valence-electron chi connectivity index (χ2n) is 12.2. The van der Waals surface area contributed by atoms with Gasteiger partial charge in [-0.15, -0.1) is 0 Å². The molecule has 0 unspecified atom stereocenters. The molecule has 4 heterocycles. The lowest BCUT2D eigenvalue weighted by Gasteiger charge is -2.35. The number of carbonyl (C=O) groups excluding carboxylic acids is 2. The molecule has 0 atom stereocenters. The Morgan fingerprint density at radius 3 is 2.17 bits per heavy atom.